The maximum Gasteiger partial charge on any atom is 0.259 e. The van der Waals surface area contributed by atoms with Crippen molar-refractivity contribution in [2.24, 2.45) is 0 Å². The van der Waals surface area contributed by atoms with Crippen LogP contribution in [0.4, 0.5) is 11.4 Å². The van der Waals surface area contributed by atoms with Crippen molar-refractivity contribution in [1.29, 1.82) is 0 Å². The van der Waals surface area contributed by atoms with E-state index in [0.717, 1.165) is 25.1 Å². The van der Waals surface area contributed by atoms with Crippen molar-refractivity contribution in [2.45, 2.75) is 12.8 Å². The van der Waals surface area contributed by atoms with Crippen LogP contribution >= 0.6 is 0 Å². The molecule has 1 amide bonds. The molecule has 5 nitrogen and oxygen atoms in total. The summed E-state index contributed by atoms with van der Waals surface area (Å²) in [6, 6.07) is 9.54. The van der Waals surface area contributed by atoms with E-state index in [-0.39, 0.29) is 17.1 Å². The first-order valence-corrected chi connectivity index (χ1v) is 6.83. The Bertz CT molecular complexity index is 698. The third-order valence-corrected chi connectivity index (χ3v) is 3.53. The van der Waals surface area contributed by atoms with Crippen LogP contribution in [0.15, 0.2) is 36.4 Å². The van der Waals surface area contributed by atoms with Gasteiger partial charge in [-0.05, 0) is 54.8 Å². The van der Waals surface area contributed by atoms with Gasteiger partial charge in [0, 0.05) is 17.9 Å². The highest BCUT2D eigenvalue weighted by atomic mass is 16.3. The molecule has 4 N–H and O–H groups in total. The number of amides is 1. The van der Waals surface area contributed by atoms with Gasteiger partial charge >= 0.3 is 0 Å². The van der Waals surface area contributed by atoms with E-state index in [4.69, 9.17) is 0 Å². The number of nitrogens with one attached hydrogen (secondary N) is 2. The number of carbonyl (C=O) groups is 1. The Kier molecular flexibility index (Phi) is 3.39. The zero-order valence-corrected chi connectivity index (χ0v) is 11.4. The van der Waals surface area contributed by atoms with Gasteiger partial charge in [0.1, 0.15) is 11.5 Å². The molecule has 0 unspecified atom stereocenters. The maximum atomic E-state index is 12.2. The Morgan fingerprint density at radius 3 is 2.86 bits per heavy atom. The smallest absolute Gasteiger partial charge is 0.259 e. The molecule has 0 bridgehead atoms. The molecule has 0 atom stereocenters. The molecule has 0 radical (unpaired) electrons. The van der Waals surface area contributed by atoms with Gasteiger partial charge in [0.25, 0.3) is 5.91 Å². The lowest BCUT2D eigenvalue weighted by Gasteiger charge is -2.18. The molecule has 2 aromatic rings. The minimum absolute atomic E-state index is 0.0471. The van der Waals surface area contributed by atoms with Gasteiger partial charge in [0.2, 0.25) is 0 Å². The van der Waals surface area contributed by atoms with Gasteiger partial charge in [-0.3, -0.25) is 4.79 Å². The number of hydrogen-bond acceptors (Lipinski definition) is 4. The monoisotopic (exact) mass is 284 g/mol. The molecule has 5 heteroatoms. The normalized spacial score (nSPS) is 13.1. The minimum atomic E-state index is -0.452. The van der Waals surface area contributed by atoms with Gasteiger partial charge in [0.05, 0.1) is 5.56 Å². The van der Waals surface area contributed by atoms with Crippen LogP contribution in [0.25, 0.3) is 0 Å². The van der Waals surface area contributed by atoms with Crippen LogP contribution in [0.5, 0.6) is 11.5 Å². The number of rotatable bonds is 2. The SMILES string of the molecule is O=C(Nc1ccc2c(c1)CCCN2)c1cc(O)ccc1O. The van der Waals surface area contributed by atoms with Crippen LogP contribution in [0.2, 0.25) is 0 Å². The number of anilines is 2. The molecule has 3 rings (SSSR count). The topological polar surface area (TPSA) is 81.6 Å². The minimum Gasteiger partial charge on any atom is -0.508 e. The van der Waals surface area contributed by atoms with Crippen molar-refractivity contribution in [3.05, 3.63) is 47.5 Å². The largest absolute Gasteiger partial charge is 0.508 e. The molecule has 108 valence electrons. The summed E-state index contributed by atoms with van der Waals surface area (Å²) in [6.07, 6.45) is 2.04. The van der Waals surface area contributed by atoms with Gasteiger partial charge < -0.3 is 20.8 Å². The van der Waals surface area contributed by atoms with Crippen molar-refractivity contribution in [3.8, 4) is 11.5 Å². The summed E-state index contributed by atoms with van der Waals surface area (Å²) in [4.78, 5) is 12.2. The lowest BCUT2D eigenvalue weighted by atomic mass is 10.0. The van der Waals surface area contributed by atoms with E-state index in [1.165, 1.54) is 23.8 Å². The second-order valence-corrected chi connectivity index (χ2v) is 5.06. The van der Waals surface area contributed by atoms with E-state index in [9.17, 15) is 15.0 Å². The van der Waals surface area contributed by atoms with Crippen LogP contribution in [0.1, 0.15) is 22.3 Å². The van der Waals surface area contributed by atoms with Crippen LogP contribution < -0.4 is 10.6 Å². The summed E-state index contributed by atoms with van der Waals surface area (Å²) in [5, 5.41) is 25.1. The van der Waals surface area contributed by atoms with Crippen LogP contribution in [0, 0.1) is 0 Å². The summed E-state index contributed by atoms with van der Waals surface area (Å²) >= 11 is 0. The molecule has 0 aliphatic carbocycles. The number of fused-ring (bicyclic) bond motifs is 1. The highest BCUT2D eigenvalue weighted by Gasteiger charge is 2.14. The predicted octanol–water partition coefficient (Wildman–Crippen LogP) is 2.71. The second kappa shape index (κ2) is 5.36. The molecule has 1 aliphatic rings. The first kappa shape index (κ1) is 13.3. The standard InChI is InChI=1S/C16H16N2O3/c19-12-4-6-15(20)13(9-12)16(21)18-11-3-5-14-10(8-11)2-1-7-17-14/h3-6,8-9,17,19-20H,1-2,7H2,(H,18,21). The van der Waals surface area contributed by atoms with Crippen LogP contribution in [-0.2, 0) is 6.42 Å². The third-order valence-electron chi connectivity index (χ3n) is 3.53. The molecule has 21 heavy (non-hydrogen) atoms. The summed E-state index contributed by atoms with van der Waals surface area (Å²) in [5.41, 5.74) is 2.98. The Morgan fingerprint density at radius 2 is 2.00 bits per heavy atom. The quantitative estimate of drug-likeness (QED) is 0.639. The number of phenols is 2. The van der Waals surface area contributed by atoms with Gasteiger partial charge in [-0.2, -0.15) is 0 Å². The maximum absolute atomic E-state index is 12.2. The second-order valence-electron chi connectivity index (χ2n) is 5.06. The fourth-order valence-corrected chi connectivity index (χ4v) is 2.46. The van der Waals surface area contributed by atoms with E-state index < -0.39 is 5.91 Å². The first-order chi connectivity index (χ1) is 10.1. The fraction of sp³-hybridized carbons (Fsp3) is 0.188. The van der Waals surface area contributed by atoms with Crippen molar-refractivity contribution in [2.75, 3.05) is 17.2 Å². The highest BCUT2D eigenvalue weighted by Crippen LogP contribution is 2.27. The van der Waals surface area contributed by atoms with Crippen molar-refractivity contribution >= 4 is 17.3 Å². The average Bonchev–Trinajstić information content (AvgIpc) is 2.49. The fourth-order valence-electron chi connectivity index (χ4n) is 2.46. The molecule has 0 spiro atoms. The Labute approximate surface area is 122 Å². The molecule has 0 saturated heterocycles. The van der Waals surface area contributed by atoms with Gasteiger partial charge in [-0.25, -0.2) is 0 Å². The number of carbonyl (C=O) groups excluding carboxylic acids is 1. The number of benzene rings is 2. The van der Waals surface area contributed by atoms with E-state index in [1.807, 2.05) is 18.2 Å². The molecule has 2 aromatic carbocycles. The van der Waals surface area contributed by atoms with Gasteiger partial charge in [-0.15, -0.1) is 0 Å². The van der Waals surface area contributed by atoms with E-state index >= 15 is 0 Å². The number of phenolic OH excluding ortho intramolecular Hbond substituents is 2. The zero-order chi connectivity index (χ0) is 14.8. The molecule has 0 saturated carbocycles. The van der Waals surface area contributed by atoms with E-state index in [0.29, 0.717) is 5.69 Å². The van der Waals surface area contributed by atoms with E-state index in [1.54, 1.807) is 0 Å². The lowest BCUT2D eigenvalue weighted by Crippen LogP contribution is -2.14. The average molecular weight is 284 g/mol. The summed E-state index contributed by atoms with van der Waals surface area (Å²) in [5.74, 6) is -0.676. The molecular weight excluding hydrogens is 268 g/mol. The molecule has 1 aliphatic heterocycles. The Hall–Kier alpha value is -2.69. The molecule has 0 fully saturated rings. The lowest BCUT2D eigenvalue weighted by molar-refractivity contribution is 0.102. The first-order valence-electron chi connectivity index (χ1n) is 6.83. The molecule has 0 aromatic heterocycles. The highest BCUT2D eigenvalue weighted by molar-refractivity contribution is 6.06. The number of hydrogen-bond donors (Lipinski definition) is 4. The van der Waals surface area contributed by atoms with Gasteiger partial charge in [0.15, 0.2) is 0 Å². The van der Waals surface area contributed by atoms with Crippen molar-refractivity contribution in [1.82, 2.24) is 0 Å². The molecule has 1 heterocycles. The van der Waals surface area contributed by atoms with Crippen molar-refractivity contribution < 1.29 is 15.0 Å². The van der Waals surface area contributed by atoms with E-state index in [2.05, 4.69) is 10.6 Å². The zero-order valence-electron chi connectivity index (χ0n) is 11.4. The van der Waals surface area contributed by atoms with Crippen molar-refractivity contribution in [3.63, 3.8) is 0 Å². The number of aromatic hydroxyl groups is 2. The predicted molar refractivity (Wildman–Crippen MR) is 81.0 cm³/mol. The summed E-state index contributed by atoms with van der Waals surface area (Å²) in [7, 11) is 0. The third kappa shape index (κ3) is 2.76. The summed E-state index contributed by atoms with van der Waals surface area (Å²) in [6.45, 7) is 0.968. The molecular formula is C16H16N2O3. The Morgan fingerprint density at radius 1 is 1.14 bits per heavy atom. The van der Waals surface area contributed by atoms with Crippen LogP contribution in [0.3, 0.4) is 0 Å². The Balaban J connectivity index is 1.83. The number of aryl methyl sites for hydroxylation is 1. The summed E-state index contributed by atoms with van der Waals surface area (Å²) < 4.78 is 0. The van der Waals surface area contributed by atoms with Gasteiger partial charge in [-0.1, -0.05) is 0 Å². The van der Waals surface area contributed by atoms with Crippen LogP contribution in [-0.4, -0.2) is 22.7 Å².